The summed E-state index contributed by atoms with van der Waals surface area (Å²) >= 11 is 0. The van der Waals surface area contributed by atoms with Crippen molar-refractivity contribution in [2.24, 2.45) is 0 Å². The number of amides is 1. The van der Waals surface area contributed by atoms with E-state index in [1.807, 2.05) is 0 Å². The standard InChI is InChI=1S/C32H37F4NO5/c1-7-31(4,33)29-24(11-10-12-27(29)41-8-2)30(42-9-3)25-17-22(32(34,35)36)14-16-26(25)37(20-38)19-21-13-15-23(39-5)18-28(21)40-6/h10-18,20,30H,7-9,19H2,1-6H3/t30-,31?/m1/s1. The van der Waals surface area contributed by atoms with Crippen LogP contribution in [0.4, 0.5) is 23.2 Å². The van der Waals surface area contributed by atoms with Gasteiger partial charge in [-0.15, -0.1) is 0 Å². The Bertz CT molecular complexity index is 1360. The number of alkyl halides is 4. The van der Waals surface area contributed by atoms with Gasteiger partial charge in [-0.05, 0) is 69.2 Å². The van der Waals surface area contributed by atoms with E-state index in [2.05, 4.69) is 0 Å². The predicted octanol–water partition coefficient (Wildman–Crippen LogP) is 8.00. The van der Waals surface area contributed by atoms with Gasteiger partial charge in [0.15, 0.2) is 0 Å². The third kappa shape index (κ3) is 7.15. The zero-order valence-corrected chi connectivity index (χ0v) is 24.7. The molecular weight excluding hydrogens is 554 g/mol. The van der Waals surface area contributed by atoms with Crippen molar-refractivity contribution < 1.29 is 41.3 Å². The van der Waals surface area contributed by atoms with Crippen LogP contribution in [0.2, 0.25) is 0 Å². The van der Waals surface area contributed by atoms with Gasteiger partial charge in [0.1, 0.15) is 29.0 Å². The van der Waals surface area contributed by atoms with Crippen LogP contribution >= 0.6 is 0 Å². The highest BCUT2D eigenvalue weighted by Gasteiger charge is 2.37. The number of carbonyl (C=O) groups is 1. The van der Waals surface area contributed by atoms with Crippen molar-refractivity contribution in [1.82, 2.24) is 0 Å². The molecule has 0 fully saturated rings. The summed E-state index contributed by atoms with van der Waals surface area (Å²) in [6.45, 7) is 6.86. The van der Waals surface area contributed by atoms with Crippen molar-refractivity contribution >= 4 is 12.1 Å². The first-order valence-electron chi connectivity index (χ1n) is 13.7. The molecule has 0 aliphatic carbocycles. The molecule has 3 aromatic carbocycles. The molecule has 0 heterocycles. The van der Waals surface area contributed by atoms with E-state index in [0.29, 0.717) is 29.0 Å². The zero-order chi connectivity index (χ0) is 31.1. The summed E-state index contributed by atoms with van der Waals surface area (Å²) in [4.78, 5) is 13.8. The fraction of sp³-hybridized carbons (Fsp3) is 0.406. The fourth-order valence-corrected chi connectivity index (χ4v) is 4.84. The highest BCUT2D eigenvalue weighted by molar-refractivity contribution is 5.78. The van der Waals surface area contributed by atoms with Crippen molar-refractivity contribution in [3.8, 4) is 17.2 Å². The highest BCUT2D eigenvalue weighted by Crippen LogP contribution is 2.46. The van der Waals surface area contributed by atoms with E-state index in [9.17, 15) is 18.0 Å². The van der Waals surface area contributed by atoms with E-state index in [1.54, 1.807) is 57.2 Å². The summed E-state index contributed by atoms with van der Waals surface area (Å²) in [5.41, 5.74) is -1.52. The third-order valence-electron chi connectivity index (χ3n) is 7.07. The number of hydrogen-bond donors (Lipinski definition) is 0. The molecule has 0 bridgehead atoms. The van der Waals surface area contributed by atoms with E-state index in [0.717, 1.165) is 12.1 Å². The van der Waals surface area contributed by atoms with E-state index < -0.39 is 23.5 Å². The number of hydrogen-bond acceptors (Lipinski definition) is 5. The lowest BCUT2D eigenvalue weighted by Crippen LogP contribution is -2.25. The van der Waals surface area contributed by atoms with Gasteiger partial charge in [-0.1, -0.05) is 19.1 Å². The first kappa shape index (κ1) is 32.7. The quantitative estimate of drug-likeness (QED) is 0.140. The van der Waals surface area contributed by atoms with E-state index in [1.165, 1.54) is 32.1 Å². The van der Waals surface area contributed by atoms with Gasteiger partial charge in [0.2, 0.25) is 6.41 Å². The van der Waals surface area contributed by atoms with Crippen LogP contribution in [0.5, 0.6) is 17.2 Å². The first-order valence-corrected chi connectivity index (χ1v) is 13.7. The summed E-state index contributed by atoms with van der Waals surface area (Å²) < 4.78 is 80.7. The molecule has 1 unspecified atom stereocenters. The second kappa shape index (κ2) is 13.9. The number of benzene rings is 3. The molecule has 1 amide bonds. The molecule has 42 heavy (non-hydrogen) atoms. The second-order valence-corrected chi connectivity index (χ2v) is 9.72. The maximum absolute atomic E-state index is 16.1. The van der Waals surface area contributed by atoms with Crippen LogP contribution in [0.3, 0.4) is 0 Å². The van der Waals surface area contributed by atoms with Crippen LogP contribution in [-0.2, 0) is 27.9 Å². The molecule has 0 aliphatic heterocycles. The van der Waals surface area contributed by atoms with Crippen molar-refractivity contribution in [3.05, 3.63) is 82.4 Å². The van der Waals surface area contributed by atoms with E-state index in [-0.39, 0.29) is 48.7 Å². The van der Waals surface area contributed by atoms with Gasteiger partial charge in [0.25, 0.3) is 0 Å². The normalized spacial score (nSPS) is 13.7. The van der Waals surface area contributed by atoms with Gasteiger partial charge in [-0.2, -0.15) is 13.2 Å². The molecule has 0 N–H and O–H groups in total. The number of rotatable bonds is 14. The molecule has 10 heteroatoms. The topological polar surface area (TPSA) is 57.2 Å². The molecule has 3 aromatic rings. The van der Waals surface area contributed by atoms with Crippen LogP contribution in [0, 0.1) is 0 Å². The Morgan fingerprint density at radius 2 is 1.62 bits per heavy atom. The average molecular weight is 592 g/mol. The predicted molar refractivity (Wildman–Crippen MR) is 153 cm³/mol. The monoisotopic (exact) mass is 591 g/mol. The number of ether oxygens (including phenoxy) is 4. The van der Waals surface area contributed by atoms with Gasteiger partial charge in [0.05, 0.1) is 32.9 Å². The lowest BCUT2D eigenvalue weighted by atomic mass is 9.85. The Hall–Kier alpha value is -3.79. The SMILES string of the molecule is CCOc1cccc([C@@H](OCC)c2cc(C(F)(F)F)ccc2N(C=O)Cc2ccc(OC)cc2OC)c1C(C)(F)CC. The number of methoxy groups -OCH3 is 2. The lowest BCUT2D eigenvalue weighted by molar-refractivity contribution is -0.137. The minimum Gasteiger partial charge on any atom is -0.497 e. The number of carbonyl (C=O) groups excluding carboxylic acids is 1. The fourth-order valence-electron chi connectivity index (χ4n) is 4.84. The Morgan fingerprint density at radius 3 is 2.19 bits per heavy atom. The third-order valence-corrected chi connectivity index (χ3v) is 7.07. The summed E-state index contributed by atoms with van der Waals surface area (Å²) in [5.74, 6) is 1.24. The van der Waals surface area contributed by atoms with Crippen LogP contribution in [0.15, 0.2) is 54.6 Å². The zero-order valence-electron chi connectivity index (χ0n) is 24.7. The maximum atomic E-state index is 16.1. The van der Waals surface area contributed by atoms with Gasteiger partial charge in [-0.25, -0.2) is 4.39 Å². The smallest absolute Gasteiger partial charge is 0.416 e. The van der Waals surface area contributed by atoms with Crippen molar-refractivity contribution in [2.45, 2.75) is 58.6 Å². The largest absolute Gasteiger partial charge is 0.497 e. The molecule has 0 spiro atoms. The molecule has 0 saturated heterocycles. The Kier molecular flexibility index (Phi) is 10.8. The van der Waals surface area contributed by atoms with Crippen LogP contribution < -0.4 is 19.1 Å². The Labute approximate surface area is 244 Å². The number of nitrogens with zero attached hydrogens (tertiary/aromatic N) is 1. The minimum absolute atomic E-state index is 0.0322. The molecule has 0 radical (unpaired) electrons. The van der Waals surface area contributed by atoms with Gasteiger partial charge < -0.3 is 23.8 Å². The maximum Gasteiger partial charge on any atom is 0.416 e. The van der Waals surface area contributed by atoms with Crippen molar-refractivity contribution in [2.75, 3.05) is 32.3 Å². The highest BCUT2D eigenvalue weighted by atomic mass is 19.4. The first-order chi connectivity index (χ1) is 19.9. The number of halogens is 4. The van der Waals surface area contributed by atoms with E-state index >= 15 is 4.39 Å². The molecule has 0 saturated carbocycles. The summed E-state index contributed by atoms with van der Waals surface area (Å²) in [6, 6.07) is 13.0. The molecule has 2 atom stereocenters. The van der Waals surface area contributed by atoms with E-state index in [4.69, 9.17) is 18.9 Å². The molecule has 3 rings (SSSR count). The minimum atomic E-state index is -4.68. The molecule has 228 valence electrons. The van der Waals surface area contributed by atoms with Crippen LogP contribution in [-0.4, -0.2) is 33.8 Å². The molecule has 0 aliphatic rings. The van der Waals surface area contributed by atoms with Crippen molar-refractivity contribution in [1.29, 1.82) is 0 Å². The summed E-state index contributed by atoms with van der Waals surface area (Å²) in [5, 5.41) is 0. The van der Waals surface area contributed by atoms with Crippen molar-refractivity contribution in [3.63, 3.8) is 0 Å². The van der Waals surface area contributed by atoms with Crippen LogP contribution in [0.25, 0.3) is 0 Å². The van der Waals surface area contributed by atoms with Gasteiger partial charge >= 0.3 is 6.18 Å². The Morgan fingerprint density at radius 1 is 0.881 bits per heavy atom. The lowest BCUT2D eigenvalue weighted by Gasteiger charge is -2.31. The Balaban J connectivity index is 2.30. The number of anilines is 1. The molecular formula is C32H37F4NO5. The summed E-state index contributed by atoms with van der Waals surface area (Å²) in [7, 11) is 2.97. The van der Waals surface area contributed by atoms with Gasteiger partial charge in [0, 0.05) is 35.1 Å². The molecule has 6 nitrogen and oxygen atoms in total. The average Bonchev–Trinajstić information content (AvgIpc) is 2.98. The van der Waals surface area contributed by atoms with Gasteiger partial charge in [-0.3, -0.25) is 4.79 Å². The van der Waals surface area contributed by atoms with Crippen LogP contribution in [0.1, 0.15) is 68.0 Å². The molecule has 0 aromatic heterocycles. The second-order valence-electron chi connectivity index (χ2n) is 9.72. The summed E-state index contributed by atoms with van der Waals surface area (Å²) in [6.07, 6.45) is -5.23.